The topological polar surface area (TPSA) is 66.7 Å². The number of hydrogen-bond donors (Lipinski definition) is 0. The second-order valence-electron chi connectivity index (χ2n) is 6.85. The van der Waals surface area contributed by atoms with Gasteiger partial charge in [-0.1, -0.05) is 6.07 Å². The van der Waals surface area contributed by atoms with Gasteiger partial charge < -0.3 is 14.2 Å². The fraction of sp³-hybridized carbons (Fsp3) is 0.450. The van der Waals surface area contributed by atoms with E-state index in [2.05, 4.69) is 4.98 Å². The smallest absolute Gasteiger partial charge is 0.227 e. The van der Waals surface area contributed by atoms with Crippen molar-refractivity contribution in [2.24, 2.45) is 5.92 Å². The van der Waals surface area contributed by atoms with E-state index in [-0.39, 0.29) is 17.7 Å². The van der Waals surface area contributed by atoms with E-state index in [0.29, 0.717) is 38.9 Å². The Labute approximate surface area is 153 Å². The van der Waals surface area contributed by atoms with E-state index in [9.17, 15) is 9.59 Å². The fourth-order valence-electron chi connectivity index (χ4n) is 3.32. The molecule has 2 aromatic rings. The SMILES string of the molecule is Cc1ccc(CN(C)C(=O)[C@@H]2CCC(=O)N(CCc3ccccn3)C2)o1. The molecule has 0 spiro atoms. The summed E-state index contributed by atoms with van der Waals surface area (Å²) in [6, 6.07) is 9.56. The molecule has 6 nitrogen and oxygen atoms in total. The molecule has 0 aromatic carbocycles. The molecule has 6 heteroatoms. The van der Waals surface area contributed by atoms with Gasteiger partial charge in [0.15, 0.2) is 0 Å². The Morgan fingerprint density at radius 3 is 2.88 bits per heavy atom. The van der Waals surface area contributed by atoms with Gasteiger partial charge in [-0.05, 0) is 37.6 Å². The normalized spacial score (nSPS) is 17.4. The zero-order valence-corrected chi connectivity index (χ0v) is 15.4. The lowest BCUT2D eigenvalue weighted by Gasteiger charge is -2.33. The number of carbonyl (C=O) groups is 2. The zero-order valence-electron chi connectivity index (χ0n) is 15.4. The number of aromatic nitrogens is 1. The third kappa shape index (κ3) is 4.50. The zero-order chi connectivity index (χ0) is 18.5. The largest absolute Gasteiger partial charge is 0.464 e. The van der Waals surface area contributed by atoms with Crippen LogP contribution in [0.3, 0.4) is 0 Å². The van der Waals surface area contributed by atoms with E-state index in [1.807, 2.05) is 37.3 Å². The Bertz CT molecular complexity index is 757. The molecule has 138 valence electrons. The first-order chi connectivity index (χ1) is 12.5. The predicted molar refractivity (Wildman–Crippen MR) is 97.2 cm³/mol. The van der Waals surface area contributed by atoms with Gasteiger partial charge in [-0.2, -0.15) is 0 Å². The van der Waals surface area contributed by atoms with Crippen LogP contribution in [0, 0.1) is 12.8 Å². The van der Waals surface area contributed by atoms with Gasteiger partial charge in [-0.15, -0.1) is 0 Å². The molecular formula is C20H25N3O3. The van der Waals surface area contributed by atoms with Gasteiger partial charge in [0.05, 0.1) is 12.5 Å². The van der Waals surface area contributed by atoms with Crippen molar-refractivity contribution < 1.29 is 14.0 Å². The first-order valence-electron chi connectivity index (χ1n) is 9.01. The monoisotopic (exact) mass is 355 g/mol. The third-order valence-electron chi connectivity index (χ3n) is 4.78. The molecule has 26 heavy (non-hydrogen) atoms. The maximum Gasteiger partial charge on any atom is 0.227 e. The maximum absolute atomic E-state index is 12.8. The van der Waals surface area contributed by atoms with Crippen molar-refractivity contribution in [2.45, 2.75) is 32.7 Å². The summed E-state index contributed by atoms with van der Waals surface area (Å²) in [7, 11) is 1.79. The van der Waals surface area contributed by atoms with E-state index in [1.54, 1.807) is 23.0 Å². The van der Waals surface area contributed by atoms with Gasteiger partial charge in [-0.25, -0.2) is 0 Å². The Kier molecular flexibility index (Phi) is 5.71. The molecule has 1 saturated heterocycles. The summed E-state index contributed by atoms with van der Waals surface area (Å²) >= 11 is 0. The molecule has 1 aliphatic heterocycles. The molecule has 1 aliphatic rings. The number of likely N-dealkylation sites (tertiary alicyclic amines) is 1. The summed E-state index contributed by atoms with van der Waals surface area (Å²) in [5, 5.41) is 0. The van der Waals surface area contributed by atoms with Gasteiger partial charge in [0.2, 0.25) is 11.8 Å². The van der Waals surface area contributed by atoms with Crippen LogP contribution in [-0.2, 0) is 22.6 Å². The fourth-order valence-corrected chi connectivity index (χ4v) is 3.32. The van der Waals surface area contributed by atoms with Crippen LogP contribution < -0.4 is 0 Å². The molecule has 0 bridgehead atoms. The van der Waals surface area contributed by atoms with Crippen molar-refractivity contribution in [3.8, 4) is 0 Å². The van der Waals surface area contributed by atoms with Crippen LogP contribution in [0.1, 0.15) is 30.1 Å². The summed E-state index contributed by atoms with van der Waals surface area (Å²) in [5.74, 6) is 1.64. The average Bonchev–Trinajstić information content (AvgIpc) is 3.06. The van der Waals surface area contributed by atoms with Crippen LogP contribution in [0.5, 0.6) is 0 Å². The number of hydrogen-bond acceptors (Lipinski definition) is 4. The number of amides is 2. The highest BCUT2D eigenvalue weighted by Crippen LogP contribution is 2.21. The standard InChI is InChI=1S/C20H25N3O3/c1-15-6-8-18(26-15)14-22(2)20(25)16-7-9-19(24)23(13-16)12-10-17-5-3-4-11-21-17/h3-6,8,11,16H,7,9-10,12-14H2,1-2H3/t16-/m1/s1. The van der Waals surface area contributed by atoms with E-state index in [4.69, 9.17) is 4.42 Å². The number of nitrogens with zero attached hydrogens (tertiary/aromatic N) is 3. The van der Waals surface area contributed by atoms with Crippen LogP contribution >= 0.6 is 0 Å². The summed E-state index contributed by atoms with van der Waals surface area (Å²) < 4.78 is 5.55. The molecule has 2 aromatic heterocycles. The Morgan fingerprint density at radius 1 is 1.35 bits per heavy atom. The van der Waals surface area contributed by atoms with Gasteiger partial charge >= 0.3 is 0 Å². The molecule has 0 aliphatic carbocycles. The van der Waals surface area contributed by atoms with E-state index < -0.39 is 0 Å². The van der Waals surface area contributed by atoms with Crippen molar-refractivity contribution in [3.05, 3.63) is 53.7 Å². The lowest BCUT2D eigenvalue weighted by Crippen LogP contribution is -2.46. The number of aryl methyl sites for hydroxylation is 1. The summed E-state index contributed by atoms with van der Waals surface area (Å²) in [5.41, 5.74) is 0.957. The molecule has 3 heterocycles. The molecule has 0 unspecified atom stereocenters. The summed E-state index contributed by atoms with van der Waals surface area (Å²) in [4.78, 5) is 32.8. The number of carbonyl (C=O) groups excluding carboxylic acids is 2. The first-order valence-corrected chi connectivity index (χ1v) is 9.01. The van der Waals surface area contributed by atoms with E-state index in [1.165, 1.54) is 0 Å². The predicted octanol–water partition coefficient (Wildman–Crippen LogP) is 2.42. The van der Waals surface area contributed by atoms with E-state index >= 15 is 0 Å². The van der Waals surface area contributed by atoms with Crippen LogP contribution in [0.25, 0.3) is 0 Å². The average molecular weight is 355 g/mol. The van der Waals surface area contributed by atoms with Crippen molar-refractivity contribution in [1.29, 1.82) is 0 Å². The molecule has 1 atom stereocenters. The van der Waals surface area contributed by atoms with Crippen molar-refractivity contribution in [3.63, 3.8) is 0 Å². The van der Waals surface area contributed by atoms with Gasteiger partial charge in [0.1, 0.15) is 11.5 Å². The molecule has 1 fully saturated rings. The Morgan fingerprint density at radius 2 is 2.19 bits per heavy atom. The minimum Gasteiger partial charge on any atom is -0.464 e. The molecule has 0 saturated carbocycles. The van der Waals surface area contributed by atoms with Gasteiger partial charge in [-0.3, -0.25) is 14.6 Å². The molecular weight excluding hydrogens is 330 g/mol. The molecule has 0 N–H and O–H groups in total. The Hall–Kier alpha value is -2.63. The third-order valence-corrected chi connectivity index (χ3v) is 4.78. The number of piperidine rings is 1. The summed E-state index contributed by atoms with van der Waals surface area (Å²) in [6.07, 6.45) is 3.49. The highest BCUT2D eigenvalue weighted by Gasteiger charge is 2.31. The Balaban J connectivity index is 1.56. The van der Waals surface area contributed by atoms with Crippen molar-refractivity contribution in [1.82, 2.24) is 14.8 Å². The van der Waals surface area contributed by atoms with Crippen molar-refractivity contribution in [2.75, 3.05) is 20.1 Å². The van der Waals surface area contributed by atoms with Crippen molar-refractivity contribution >= 4 is 11.8 Å². The minimum atomic E-state index is -0.155. The van der Waals surface area contributed by atoms with E-state index in [0.717, 1.165) is 17.2 Å². The highest BCUT2D eigenvalue weighted by molar-refractivity contribution is 5.83. The van der Waals surface area contributed by atoms with Crippen LogP contribution in [0.4, 0.5) is 0 Å². The van der Waals surface area contributed by atoms with Crippen LogP contribution in [-0.4, -0.2) is 46.7 Å². The maximum atomic E-state index is 12.8. The highest BCUT2D eigenvalue weighted by atomic mass is 16.3. The lowest BCUT2D eigenvalue weighted by atomic mass is 9.95. The second-order valence-corrected chi connectivity index (χ2v) is 6.85. The molecule has 3 rings (SSSR count). The summed E-state index contributed by atoms with van der Waals surface area (Å²) in [6.45, 7) is 3.41. The number of furan rings is 1. The first kappa shape index (κ1) is 18.2. The van der Waals surface area contributed by atoms with Crippen LogP contribution in [0.15, 0.2) is 40.9 Å². The molecule has 0 radical (unpaired) electrons. The lowest BCUT2D eigenvalue weighted by molar-refractivity contribution is -0.142. The quantitative estimate of drug-likeness (QED) is 0.798. The van der Waals surface area contributed by atoms with Gasteiger partial charge in [0, 0.05) is 44.9 Å². The van der Waals surface area contributed by atoms with Gasteiger partial charge in [0.25, 0.3) is 0 Å². The molecule has 2 amide bonds. The minimum absolute atomic E-state index is 0.0642. The van der Waals surface area contributed by atoms with Crippen LogP contribution in [0.2, 0.25) is 0 Å². The number of rotatable bonds is 6. The number of pyridine rings is 1. The second kappa shape index (κ2) is 8.17.